The molecule has 3 aromatic rings. The molecule has 0 atom stereocenters. The number of carbonyl (C=O) groups excluding carboxylic acids is 1. The Morgan fingerprint density at radius 3 is 2.46 bits per heavy atom. The van der Waals surface area contributed by atoms with E-state index in [1.54, 1.807) is 7.11 Å². The van der Waals surface area contributed by atoms with Gasteiger partial charge in [-0.25, -0.2) is 0 Å². The zero-order chi connectivity index (χ0) is 19.8. The Labute approximate surface area is 166 Å². The minimum Gasteiger partial charge on any atom is -0.496 e. The van der Waals surface area contributed by atoms with Gasteiger partial charge in [-0.3, -0.25) is 4.79 Å². The average Bonchev–Trinajstić information content (AvgIpc) is 2.73. The molecule has 0 saturated carbocycles. The van der Waals surface area contributed by atoms with Crippen LogP contribution in [0.2, 0.25) is 0 Å². The number of benzene rings is 3. The summed E-state index contributed by atoms with van der Waals surface area (Å²) < 4.78 is 11.2. The lowest BCUT2D eigenvalue weighted by atomic mass is 10.1. The number of nitrogens with one attached hydrogen (secondary N) is 1. The van der Waals surface area contributed by atoms with Crippen molar-refractivity contribution in [1.82, 2.24) is 5.32 Å². The first-order valence-corrected chi connectivity index (χ1v) is 9.35. The molecule has 0 saturated heterocycles. The Morgan fingerprint density at radius 1 is 0.929 bits per heavy atom. The highest BCUT2D eigenvalue weighted by molar-refractivity contribution is 5.78. The zero-order valence-electron chi connectivity index (χ0n) is 16.3. The maximum atomic E-state index is 12.2. The number of ether oxygens (including phenoxy) is 2. The smallest absolute Gasteiger partial charge is 0.257 e. The molecule has 0 aromatic heterocycles. The number of aryl methyl sites for hydroxylation is 1. The van der Waals surface area contributed by atoms with E-state index in [0.717, 1.165) is 22.4 Å². The number of para-hydroxylation sites is 1. The van der Waals surface area contributed by atoms with Gasteiger partial charge in [0, 0.05) is 12.1 Å². The molecule has 1 amide bonds. The van der Waals surface area contributed by atoms with E-state index in [4.69, 9.17) is 9.47 Å². The van der Waals surface area contributed by atoms with Gasteiger partial charge in [-0.1, -0.05) is 66.2 Å². The highest BCUT2D eigenvalue weighted by Gasteiger charge is 2.09. The van der Waals surface area contributed by atoms with Crippen molar-refractivity contribution in [3.63, 3.8) is 0 Å². The van der Waals surface area contributed by atoms with Crippen LogP contribution in [0.5, 0.6) is 11.5 Å². The van der Waals surface area contributed by atoms with Crippen molar-refractivity contribution < 1.29 is 14.3 Å². The van der Waals surface area contributed by atoms with Crippen LogP contribution >= 0.6 is 0 Å². The fourth-order valence-corrected chi connectivity index (χ4v) is 3.08. The lowest BCUT2D eigenvalue weighted by Gasteiger charge is -2.13. The Morgan fingerprint density at radius 2 is 1.68 bits per heavy atom. The first-order chi connectivity index (χ1) is 13.7. The van der Waals surface area contributed by atoms with Gasteiger partial charge >= 0.3 is 0 Å². The maximum absolute atomic E-state index is 12.2. The van der Waals surface area contributed by atoms with Gasteiger partial charge < -0.3 is 14.8 Å². The highest BCUT2D eigenvalue weighted by atomic mass is 16.5. The van der Waals surface area contributed by atoms with E-state index < -0.39 is 0 Å². The molecule has 0 spiro atoms. The fraction of sp³-hybridized carbons (Fsp3) is 0.208. The Bertz CT molecular complexity index is 922. The Hall–Kier alpha value is -3.27. The third-order valence-corrected chi connectivity index (χ3v) is 4.48. The summed E-state index contributed by atoms with van der Waals surface area (Å²) in [7, 11) is 1.66. The molecule has 0 aliphatic heterocycles. The van der Waals surface area contributed by atoms with Crippen molar-refractivity contribution in [1.29, 1.82) is 0 Å². The molecular formula is C24H25NO3. The normalized spacial score (nSPS) is 10.4. The van der Waals surface area contributed by atoms with Gasteiger partial charge in [-0.05, 0) is 36.6 Å². The second-order valence-corrected chi connectivity index (χ2v) is 6.57. The lowest BCUT2D eigenvalue weighted by molar-refractivity contribution is -0.123. The summed E-state index contributed by atoms with van der Waals surface area (Å²) in [6.07, 6.45) is 0.706. The second kappa shape index (κ2) is 9.60. The van der Waals surface area contributed by atoms with Crippen molar-refractivity contribution in [2.24, 2.45) is 0 Å². The van der Waals surface area contributed by atoms with E-state index in [9.17, 15) is 4.79 Å². The van der Waals surface area contributed by atoms with Crippen molar-refractivity contribution in [3.8, 4) is 22.6 Å². The van der Waals surface area contributed by atoms with Crippen LogP contribution in [-0.2, 0) is 11.2 Å². The molecule has 0 fully saturated rings. The quantitative estimate of drug-likeness (QED) is 0.634. The van der Waals surface area contributed by atoms with E-state index in [-0.39, 0.29) is 12.5 Å². The van der Waals surface area contributed by atoms with Crippen LogP contribution in [0.15, 0.2) is 72.8 Å². The monoisotopic (exact) mass is 375 g/mol. The van der Waals surface area contributed by atoms with Crippen molar-refractivity contribution in [3.05, 3.63) is 83.9 Å². The van der Waals surface area contributed by atoms with Crippen molar-refractivity contribution in [2.45, 2.75) is 13.3 Å². The van der Waals surface area contributed by atoms with Gasteiger partial charge in [-0.15, -0.1) is 0 Å². The molecule has 28 heavy (non-hydrogen) atoms. The molecule has 4 heteroatoms. The molecule has 144 valence electrons. The summed E-state index contributed by atoms with van der Waals surface area (Å²) in [4.78, 5) is 12.2. The molecule has 0 aliphatic carbocycles. The van der Waals surface area contributed by atoms with Crippen LogP contribution in [0.25, 0.3) is 11.1 Å². The predicted octanol–water partition coefficient (Wildman–Crippen LogP) is 4.41. The number of carbonyl (C=O) groups is 1. The predicted molar refractivity (Wildman–Crippen MR) is 112 cm³/mol. The van der Waals surface area contributed by atoms with E-state index in [2.05, 4.69) is 11.4 Å². The fourth-order valence-electron chi connectivity index (χ4n) is 3.08. The van der Waals surface area contributed by atoms with Crippen molar-refractivity contribution >= 4 is 5.91 Å². The van der Waals surface area contributed by atoms with Gasteiger partial charge in [0.1, 0.15) is 11.5 Å². The summed E-state index contributed by atoms with van der Waals surface area (Å²) in [6, 6.07) is 23.8. The largest absolute Gasteiger partial charge is 0.496 e. The van der Waals surface area contributed by atoms with Gasteiger partial charge in [0.2, 0.25) is 0 Å². The third kappa shape index (κ3) is 5.13. The molecule has 0 aliphatic rings. The minimum absolute atomic E-state index is 0.0190. The van der Waals surface area contributed by atoms with Crippen LogP contribution < -0.4 is 14.8 Å². The van der Waals surface area contributed by atoms with Crippen LogP contribution in [0.1, 0.15) is 11.1 Å². The summed E-state index contributed by atoms with van der Waals surface area (Å²) in [5.41, 5.74) is 4.28. The summed E-state index contributed by atoms with van der Waals surface area (Å²) in [5, 5.41) is 2.91. The molecule has 4 nitrogen and oxygen atoms in total. The third-order valence-electron chi connectivity index (χ3n) is 4.48. The van der Waals surface area contributed by atoms with E-state index in [0.29, 0.717) is 18.7 Å². The topological polar surface area (TPSA) is 47.6 Å². The summed E-state index contributed by atoms with van der Waals surface area (Å²) in [5.74, 6) is 1.39. The first kappa shape index (κ1) is 19.5. The summed E-state index contributed by atoms with van der Waals surface area (Å²) in [6.45, 7) is 2.55. The summed E-state index contributed by atoms with van der Waals surface area (Å²) >= 11 is 0. The van der Waals surface area contributed by atoms with Gasteiger partial charge in [0.05, 0.1) is 7.11 Å². The zero-order valence-corrected chi connectivity index (χ0v) is 16.3. The Kier molecular flexibility index (Phi) is 6.68. The van der Waals surface area contributed by atoms with E-state index in [1.165, 1.54) is 5.56 Å². The molecule has 0 unspecified atom stereocenters. The molecule has 3 aromatic carbocycles. The van der Waals surface area contributed by atoms with Crippen LogP contribution in [0, 0.1) is 6.92 Å². The van der Waals surface area contributed by atoms with E-state index >= 15 is 0 Å². The van der Waals surface area contributed by atoms with Gasteiger partial charge in [0.15, 0.2) is 6.61 Å². The second-order valence-electron chi connectivity index (χ2n) is 6.57. The van der Waals surface area contributed by atoms with Crippen LogP contribution in [0.3, 0.4) is 0 Å². The SMILES string of the molecule is COc1ccc(C)cc1CCNC(=O)COc1ccccc1-c1ccccc1. The van der Waals surface area contributed by atoms with Gasteiger partial charge in [0.25, 0.3) is 5.91 Å². The van der Waals surface area contributed by atoms with Crippen molar-refractivity contribution in [2.75, 3.05) is 20.3 Å². The maximum Gasteiger partial charge on any atom is 0.257 e. The number of hydrogen-bond acceptors (Lipinski definition) is 3. The molecule has 3 rings (SSSR count). The average molecular weight is 375 g/mol. The minimum atomic E-state index is -0.144. The van der Waals surface area contributed by atoms with Crippen LogP contribution in [-0.4, -0.2) is 26.2 Å². The highest BCUT2D eigenvalue weighted by Crippen LogP contribution is 2.29. The molecule has 0 bridgehead atoms. The lowest BCUT2D eigenvalue weighted by Crippen LogP contribution is -2.30. The van der Waals surface area contributed by atoms with E-state index in [1.807, 2.05) is 73.7 Å². The molecular weight excluding hydrogens is 350 g/mol. The number of rotatable bonds is 8. The standard InChI is InChI=1S/C24H25NO3/c1-18-12-13-22(27-2)20(16-18)14-15-25-24(26)17-28-23-11-7-6-10-21(23)19-8-4-3-5-9-19/h3-13,16H,14-15,17H2,1-2H3,(H,25,26). The molecule has 0 heterocycles. The number of methoxy groups -OCH3 is 1. The van der Waals surface area contributed by atoms with Gasteiger partial charge in [-0.2, -0.15) is 0 Å². The Balaban J connectivity index is 1.54. The number of hydrogen-bond donors (Lipinski definition) is 1. The number of amides is 1. The molecule has 1 N–H and O–H groups in total. The first-order valence-electron chi connectivity index (χ1n) is 9.35. The van der Waals surface area contributed by atoms with Crippen LogP contribution in [0.4, 0.5) is 0 Å². The molecule has 0 radical (unpaired) electrons.